The number of nitrogens with zero attached hydrogens (tertiary/aromatic N) is 1. The van der Waals surface area contributed by atoms with Gasteiger partial charge in [0.2, 0.25) is 0 Å². The second-order valence-corrected chi connectivity index (χ2v) is 4.82. The third-order valence-corrected chi connectivity index (χ3v) is 3.45. The zero-order valence-corrected chi connectivity index (χ0v) is 11.3. The summed E-state index contributed by atoms with van der Waals surface area (Å²) in [5.41, 5.74) is 6.27. The van der Waals surface area contributed by atoms with E-state index in [1.807, 2.05) is 0 Å². The van der Waals surface area contributed by atoms with Crippen molar-refractivity contribution in [1.29, 1.82) is 0 Å². The molecule has 92 valence electrons. The van der Waals surface area contributed by atoms with Crippen LogP contribution in [0.1, 0.15) is 60.3 Å². The molecule has 2 nitrogen and oxygen atoms in total. The molecule has 0 spiro atoms. The van der Waals surface area contributed by atoms with Gasteiger partial charge in [-0.2, -0.15) is 0 Å². The summed E-state index contributed by atoms with van der Waals surface area (Å²) < 4.78 is 0. The van der Waals surface area contributed by atoms with Crippen LogP contribution in [-0.2, 0) is 0 Å². The molecule has 15 heavy (non-hydrogen) atoms. The van der Waals surface area contributed by atoms with E-state index in [0.717, 1.165) is 13.0 Å². The lowest BCUT2D eigenvalue weighted by molar-refractivity contribution is 0.0493. The quantitative estimate of drug-likeness (QED) is 0.673. The first-order chi connectivity index (χ1) is 7.07. The molecule has 2 heteroatoms. The molecule has 0 aliphatic heterocycles. The van der Waals surface area contributed by atoms with Crippen molar-refractivity contribution < 1.29 is 0 Å². The highest BCUT2D eigenvalue weighted by molar-refractivity contribution is 4.91. The van der Waals surface area contributed by atoms with E-state index in [2.05, 4.69) is 39.5 Å². The standard InChI is InChI=1S/C13H30N2/c1-6-9-13(8-3,11-14)15(10-7-2)12(4)5/h12H,6-11,14H2,1-5H3. The molecule has 1 atom stereocenters. The molecule has 0 saturated carbocycles. The van der Waals surface area contributed by atoms with Gasteiger partial charge in [-0.25, -0.2) is 0 Å². The molecule has 0 radical (unpaired) electrons. The summed E-state index contributed by atoms with van der Waals surface area (Å²) in [4.78, 5) is 2.61. The lowest BCUT2D eigenvalue weighted by atomic mass is 9.87. The van der Waals surface area contributed by atoms with Gasteiger partial charge in [-0.1, -0.05) is 27.2 Å². The summed E-state index contributed by atoms with van der Waals surface area (Å²) in [6.07, 6.45) is 4.81. The molecule has 0 fully saturated rings. The van der Waals surface area contributed by atoms with Gasteiger partial charge in [0.25, 0.3) is 0 Å². The first-order valence-electron chi connectivity index (χ1n) is 6.54. The van der Waals surface area contributed by atoms with Crippen LogP contribution in [0.3, 0.4) is 0 Å². The molecule has 0 aliphatic rings. The number of hydrogen-bond donors (Lipinski definition) is 1. The van der Waals surface area contributed by atoms with Gasteiger partial charge in [0.05, 0.1) is 0 Å². The molecule has 0 aromatic heterocycles. The Hall–Kier alpha value is -0.0800. The molecule has 0 bridgehead atoms. The number of hydrogen-bond acceptors (Lipinski definition) is 2. The summed E-state index contributed by atoms with van der Waals surface area (Å²) in [5.74, 6) is 0. The van der Waals surface area contributed by atoms with Gasteiger partial charge in [-0.05, 0) is 39.7 Å². The fourth-order valence-corrected chi connectivity index (χ4v) is 2.64. The molecule has 0 rings (SSSR count). The van der Waals surface area contributed by atoms with Crippen LogP contribution in [0.25, 0.3) is 0 Å². The maximum absolute atomic E-state index is 6.03. The summed E-state index contributed by atoms with van der Waals surface area (Å²) in [7, 11) is 0. The van der Waals surface area contributed by atoms with Crippen molar-refractivity contribution in [3.8, 4) is 0 Å². The average molecular weight is 214 g/mol. The minimum atomic E-state index is 0.235. The van der Waals surface area contributed by atoms with E-state index in [1.165, 1.54) is 25.8 Å². The molecule has 0 heterocycles. The second kappa shape index (κ2) is 7.24. The molecule has 0 aliphatic carbocycles. The van der Waals surface area contributed by atoms with Gasteiger partial charge >= 0.3 is 0 Å². The van der Waals surface area contributed by atoms with Gasteiger partial charge in [0.15, 0.2) is 0 Å². The highest BCUT2D eigenvalue weighted by Gasteiger charge is 2.33. The largest absolute Gasteiger partial charge is 0.329 e. The van der Waals surface area contributed by atoms with E-state index in [4.69, 9.17) is 5.73 Å². The SMILES string of the molecule is CCCN(C(C)C)C(CC)(CN)CCC. The van der Waals surface area contributed by atoms with Crippen LogP contribution < -0.4 is 5.73 Å². The predicted octanol–water partition coefficient (Wildman–Crippen LogP) is 3.01. The minimum absolute atomic E-state index is 0.235. The summed E-state index contributed by atoms with van der Waals surface area (Å²) in [6, 6.07) is 0.597. The lowest BCUT2D eigenvalue weighted by Crippen LogP contribution is -2.56. The first kappa shape index (κ1) is 14.9. The maximum atomic E-state index is 6.03. The Kier molecular flexibility index (Phi) is 7.20. The zero-order valence-electron chi connectivity index (χ0n) is 11.3. The Labute approximate surface area is 96.2 Å². The topological polar surface area (TPSA) is 29.3 Å². The van der Waals surface area contributed by atoms with Crippen molar-refractivity contribution in [3.63, 3.8) is 0 Å². The highest BCUT2D eigenvalue weighted by Crippen LogP contribution is 2.27. The summed E-state index contributed by atoms with van der Waals surface area (Å²) >= 11 is 0. The molecular weight excluding hydrogens is 184 g/mol. The second-order valence-electron chi connectivity index (χ2n) is 4.82. The van der Waals surface area contributed by atoms with Crippen molar-refractivity contribution in [2.75, 3.05) is 13.1 Å². The highest BCUT2D eigenvalue weighted by atomic mass is 15.2. The fourth-order valence-electron chi connectivity index (χ4n) is 2.64. The third-order valence-electron chi connectivity index (χ3n) is 3.45. The van der Waals surface area contributed by atoms with Crippen LogP contribution in [-0.4, -0.2) is 29.6 Å². The number of rotatable bonds is 8. The van der Waals surface area contributed by atoms with Crippen molar-refractivity contribution in [2.45, 2.75) is 71.9 Å². The van der Waals surface area contributed by atoms with E-state index in [-0.39, 0.29) is 5.54 Å². The normalized spacial score (nSPS) is 16.0. The number of nitrogens with two attached hydrogens (primary N) is 1. The molecule has 1 unspecified atom stereocenters. The van der Waals surface area contributed by atoms with E-state index in [1.54, 1.807) is 0 Å². The molecule has 0 amide bonds. The van der Waals surface area contributed by atoms with Crippen LogP contribution >= 0.6 is 0 Å². The van der Waals surface area contributed by atoms with Crippen LogP contribution in [0.5, 0.6) is 0 Å². The molecular formula is C13H30N2. The Bertz CT molecular complexity index is 151. The lowest BCUT2D eigenvalue weighted by Gasteiger charge is -2.45. The zero-order chi connectivity index (χ0) is 11.9. The van der Waals surface area contributed by atoms with Crippen molar-refractivity contribution >= 4 is 0 Å². The molecule has 0 aromatic carbocycles. The van der Waals surface area contributed by atoms with E-state index in [9.17, 15) is 0 Å². The molecule has 2 N–H and O–H groups in total. The van der Waals surface area contributed by atoms with Crippen molar-refractivity contribution in [3.05, 3.63) is 0 Å². The molecule has 0 saturated heterocycles. The van der Waals surface area contributed by atoms with Crippen molar-refractivity contribution in [2.24, 2.45) is 5.73 Å². The fraction of sp³-hybridized carbons (Fsp3) is 1.00. The Morgan fingerprint density at radius 2 is 1.73 bits per heavy atom. The van der Waals surface area contributed by atoms with Gasteiger partial charge in [0.1, 0.15) is 0 Å². The van der Waals surface area contributed by atoms with E-state index in [0.29, 0.717) is 6.04 Å². The van der Waals surface area contributed by atoms with Crippen LogP contribution in [0.15, 0.2) is 0 Å². The van der Waals surface area contributed by atoms with E-state index >= 15 is 0 Å². The van der Waals surface area contributed by atoms with E-state index < -0.39 is 0 Å². The van der Waals surface area contributed by atoms with Gasteiger partial charge in [0, 0.05) is 18.1 Å². The Morgan fingerprint density at radius 3 is 2.00 bits per heavy atom. The van der Waals surface area contributed by atoms with Crippen LogP contribution in [0.2, 0.25) is 0 Å². The van der Waals surface area contributed by atoms with Gasteiger partial charge < -0.3 is 5.73 Å². The maximum Gasteiger partial charge on any atom is 0.0331 e. The van der Waals surface area contributed by atoms with Crippen LogP contribution in [0.4, 0.5) is 0 Å². The van der Waals surface area contributed by atoms with Crippen molar-refractivity contribution in [1.82, 2.24) is 4.90 Å². The average Bonchev–Trinajstić information content (AvgIpc) is 2.23. The monoisotopic (exact) mass is 214 g/mol. The van der Waals surface area contributed by atoms with Crippen LogP contribution in [0, 0.1) is 0 Å². The third kappa shape index (κ3) is 3.76. The summed E-state index contributed by atoms with van der Waals surface area (Å²) in [5, 5.41) is 0. The smallest absolute Gasteiger partial charge is 0.0331 e. The van der Waals surface area contributed by atoms with Gasteiger partial charge in [-0.3, -0.25) is 4.90 Å². The van der Waals surface area contributed by atoms with Gasteiger partial charge in [-0.15, -0.1) is 0 Å². The minimum Gasteiger partial charge on any atom is -0.329 e. The first-order valence-corrected chi connectivity index (χ1v) is 6.54. The molecule has 0 aromatic rings. The summed E-state index contributed by atoms with van der Waals surface area (Å²) in [6.45, 7) is 13.3. The predicted molar refractivity (Wildman–Crippen MR) is 69.1 cm³/mol. The Balaban J connectivity index is 4.79. The Morgan fingerprint density at radius 1 is 1.13 bits per heavy atom.